The number of halogens is 4. The highest BCUT2D eigenvalue weighted by molar-refractivity contribution is 9.09. The SMILES string of the molecule is CC(F)(CBr)COCCOCCOCC(C)(F)CBr. The van der Waals surface area contributed by atoms with E-state index in [2.05, 4.69) is 31.9 Å². The lowest BCUT2D eigenvalue weighted by Crippen LogP contribution is -2.28. The molecule has 0 saturated carbocycles. The molecule has 0 saturated heterocycles. The van der Waals surface area contributed by atoms with Crippen LogP contribution < -0.4 is 0 Å². The van der Waals surface area contributed by atoms with Crippen molar-refractivity contribution >= 4 is 31.9 Å². The van der Waals surface area contributed by atoms with Crippen LogP contribution in [0.2, 0.25) is 0 Å². The Balaban J connectivity index is 3.29. The zero-order valence-corrected chi connectivity index (χ0v) is 14.6. The van der Waals surface area contributed by atoms with Crippen molar-refractivity contribution in [1.82, 2.24) is 0 Å². The summed E-state index contributed by atoms with van der Waals surface area (Å²) in [7, 11) is 0. The van der Waals surface area contributed by atoms with Gasteiger partial charge in [0.25, 0.3) is 0 Å². The maximum atomic E-state index is 13.4. The molecule has 0 aromatic rings. The third kappa shape index (κ3) is 12.2. The standard InChI is InChI=1S/C12H22Br2F2O3/c1-11(15,7-13)9-18-5-3-17-4-6-19-10-12(2,16)8-14/h3-10H2,1-2H3. The van der Waals surface area contributed by atoms with Crippen LogP contribution in [-0.2, 0) is 14.2 Å². The van der Waals surface area contributed by atoms with Crippen LogP contribution in [0.5, 0.6) is 0 Å². The summed E-state index contributed by atoms with van der Waals surface area (Å²) in [5.74, 6) is 0. The third-order valence-corrected chi connectivity index (χ3v) is 4.45. The minimum Gasteiger partial charge on any atom is -0.377 e. The van der Waals surface area contributed by atoms with Gasteiger partial charge < -0.3 is 14.2 Å². The van der Waals surface area contributed by atoms with Crippen LogP contribution >= 0.6 is 31.9 Å². The van der Waals surface area contributed by atoms with Gasteiger partial charge in [0, 0.05) is 10.7 Å². The van der Waals surface area contributed by atoms with E-state index in [-0.39, 0.29) is 23.9 Å². The summed E-state index contributed by atoms with van der Waals surface area (Å²) >= 11 is 6.13. The molecule has 3 nitrogen and oxygen atoms in total. The molecule has 19 heavy (non-hydrogen) atoms. The lowest BCUT2D eigenvalue weighted by Gasteiger charge is -2.17. The van der Waals surface area contributed by atoms with Crippen LogP contribution in [0, 0.1) is 0 Å². The zero-order valence-electron chi connectivity index (χ0n) is 11.4. The fraction of sp³-hybridized carbons (Fsp3) is 1.00. The molecule has 0 rings (SSSR count). The summed E-state index contributed by atoms with van der Waals surface area (Å²) in [6.45, 7) is 4.39. The van der Waals surface area contributed by atoms with Crippen molar-refractivity contribution in [2.75, 3.05) is 50.3 Å². The first-order chi connectivity index (χ1) is 8.83. The smallest absolute Gasteiger partial charge is 0.141 e. The van der Waals surface area contributed by atoms with Gasteiger partial charge in [-0.1, -0.05) is 31.9 Å². The first-order valence-electron chi connectivity index (χ1n) is 6.06. The van der Waals surface area contributed by atoms with E-state index in [0.29, 0.717) is 26.4 Å². The van der Waals surface area contributed by atoms with Gasteiger partial charge in [-0.25, -0.2) is 8.78 Å². The number of hydrogen-bond donors (Lipinski definition) is 0. The lowest BCUT2D eigenvalue weighted by molar-refractivity contribution is -0.0223. The molecule has 0 aliphatic rings. The van der Waals surface area contributed by atoms with Gasteiger partial charge in [0.15, 0.2) is 0 Å². The van der Waals surface area contributed by atoms with Gasteiger partial charge in [-0.15, -0.1) is 0 Å². The molecule has 2 atom stereocenters. The summed E-state index contributed by atoms with van der Waals surface area (Å²) in [6.07, 6.45) is 0. The fourth-order valence-corrected chi connectivity index (χ4v) is 1.31. The van der Waals surface area contributed by atoms with Gasteiger partial charge in [-0.05, 0) is 13.8 Å². The van der Waals surface area contributed by atoms with E-state index in [4.69, 9.17) is 14.2 Å². The number of hydrogen-bond acceptors (Lipinski definition) is 3. The number of alkyl halides is 4. The van der Waals surface area contributed by atoms with Gasteiger partial charge in [-0.2, -0.15) is 0 Å². The summed E-state index contributed by atoms with van der Waals surface area (Å²) in [5, 5.41) is 0.481. The molecule has 7 heteroatoms. The Morgan fingerprint density at radius 3 is 1.37 bits per heavy atom. The van der Waals surface area contributed by atoms with E-state index in [1.807, 2.05) is 0 Å². The molecule has 0 bridgehead atoms. The van der Waals surface area contributed by atoms with E-state index in [0.717, 1.165) is 0 Å². The molecule has 0 radical (unpaired) electrons. The Labute approximate surface area is 130 Å². The summed E-state index contributed by atoms with van der Waals surface area (Å²) in [5.41, 5.74) is -2.71. The first kappa shape index (κ1) is 19.7. The second kappa shape index (κ2) is 10.4. The van der Waals surface area contributed by atoms with Gasteiger partial charge in [0.05, 0.1) is 39.6 Å². The van der Waals surface area contributed by atoms with Crippen LogP contribution in [0.25, 0.3) is 0 Å². The summed E-state index contributed by atoms with van der Waals surface area (Å²) < 4.78 is 42.2. The van der Waals surface area contributed by atoms with Gasteiger partial charge in [0.1, 0.15) is 11.3 Å². The van der Waals surface area contributed by atoms with Crippen molar-refractivity contribution in [3.05, 3.63) is 0 Å². The second-order valence-electron chi connectivity index (χ2n) is 4.81. The zero-order chi connectivity index (χ0) is 14.8. The molecule has 0 aliphatic carbocycles. The molecular weight excluding hydrogens is 390 g/mol. The van der Waals surface area contributed by atoms with Crippen molar-refractivity contribution in [1.29, 1.82) is 0 Å². The highest BCUT2D eigenvalue weighted by Crippen LogP contribution is 2.14. The minimum absolute atomic E-state index is 0.0313. The van der Waals surface area contributed by atoms with Crippen molar-refractivity contribution in [3.63, 3.8) is 0 Å². The normalized spacial score (nSPS) is 18.0. The van der Waals surface area contributed by atoms with E-state index in [1.165, 1.54) is 13.8 Å². The lowest BCUT2D eigenvalue weighted by atomic mass is 10.2. The van der Waals surface area contributed by atoms with Gasteiger partial charge in [0.2, 0.25) is 0 Å². The molecule has 0 spiro atoms. The molecule has 0 aliphatic heterocycles. The molecule has 0 fully saturated rings. The Morgan fingerprint density at radius 2 is 1.05 bits per heavy atom. The average Bonchev–Trinajstić information content (AvgIpc) is 2.36. The molecule has 0 aromatic heterocycles. The van der Waals surface area contributed by atoms with E-state index < -0.39 is 11.3 Å². The van der Waals surface area contributed by atoms with Crippen LogP contribution in [-0.4, -0.2) is 61.6 Å². The largest absolute Gasteiger partial charge is 0.377 e. The predicted octanol–water partition coefficient (Wildman–Crippen LogP) is 3.28. The molecule has 116 valence electrons. The highest BCUT2D eigenvalue weighted by atomic mass is 79.9. The van der Waals surface area contributed by atoms with E-state index in [1.54, 1.807) is 0 Å². The molecule has 0 heterocycles. The van der Waals surface area contributed by atoms with Crippen LogP contribution in [0.4, 0.5) is 8.78 Å². The van der Waals surface area contributed by atoms with Gasteiger partial charge >= 0.3 is 0 Å². The highest BCUT2D eigenvalue weighted by Gasteiger charge is 2.22. The van der Waals surface area contributed by atoms with Crippen molar-refractivity contribution in [2.24, 2.45) is 0 Å². The van der Waals surface area contributed by atoms with E-state index in [9.17, 15) is 8.78 Å². The Kier molecular flexibility index (Phi) is 10.8. The molecule has 2 unspecified atom stereocenters. The quantitative estimate of drug-likeness (QED) is 0.364. The first-order valence-corrected chi connectivity index (χ1v) is 8.30. The van der Waals surface area contributed by atoms with Crippen LogP contribution in [0.1, 0.15) is 13.8 Å². The second-order valence-corrected chi connectivity index (χ2v) is 5.93. The molecule has 0 amide bonds. The Bertz CT molecular complexity index is 207. The molecular formula is C12H22Br2F2O3. The van der Waals surface area contributed by atoms with Crippen molar-refractivity contribution < 1.29 is 23.0 Å². The predicted molar refractivity (Wildman–Crippen MR) is 79.1 cm³/mol. The fourth-order valence-electron chi connectivity index (χ4n) is 0.985. The van der Waals surface area contributed by atoms with Crippen LogP contribution in [0.3, 0.4) is 0 Å². The van der Waals surface area contributed by atoms with Gasteiger partial charge in [-0.3, -0.25) is 0 Å². The maximum absolute atomic E-state index is 13.4. The topological polar surface area (TPSA) is 27.7 Å². The monoisotopic (exact) mass is 410 g/mol. The number of rotatable bonds is 12. The molecule has 0 N–H and O–H groups in total. The average molecular weight is 412 g/mol. The molecule has 0 aromatic carbocycles. The van der Waals surface area contributed by atoms with Crippen molar-refractivity contribution in [2.45, 2.75) is 25.2 Å². The minimum atomic E-state index is -1.36. The maximum Gasteiger partial charge on any atom is 0.141 e. The summed E-state index contributed by atoms with van der Waals surface area (Å²) in [6, 6.07) is 0. The third-order valence-electron chi connectivity index (χ3n) is 2.11. The van der Waals surface area contributed by atoms with Crippen molar-refractivity contribution in [3.8, 4) is 0 Å². The Hall–Kier alpha value is 0.700. The number of ether oxygens (including phenoxy) is 3. The van der Waals surface area contributed by atoms with Crippen LogP contribution in [0.15, 0.2) is 0 Å². The Morgan fingerprint density at radius 1 is 0.737 bits per heavy atom. The summed E-state index contributed by atoms with van der Waals surface area (Å²) in [4.78, 5) is 0. The van der Waals surface area contributed by atoms with E-state index >= 15 is 0 Å².